The molecule has 4 nitrogen and oxygen atoms in total. The van der Waals surface area contributed by atoms with Gasteiger partial charge < -0.3 is 0 Å². The average molecular weight is 300 g/mol. The summed E-state index contributed by atoms with van der Waals surface area (Å²) in [5, 5.41) is 5.91. The molecule has 1 aliphatic heterocycles. The third-order valence-electron chi connectivity index (χ3n) is 3.33. The lowest BCUT2D eigenvalue weighted by Crippen LogP contribution is -2.31. The van der Waals surface area contributed by atoms with E-state index >= 15 is 0 Å². The molecule has 0 N–H and O–H groups in total. The Labute approximate surface area is 128 Å². The van der Waals surface area contributed by atoms with Crippen LogP contribution in [0.4, 0.5) is 0 Å². The first kappa shape index (κ1) is 13.6. The Morgan fingerprint density at radius 1 is 1.05 bits per heavy atom. The summed E-state index contributed by atoms with van der Waals surface area (Å²) < 4.78 is 1.42. The summed E-state index contributed by atoms with van der Waals surface area (Å²) in [5.41, 5.74) is 1.56. The Morgan fingerprint density at radius 2 is 1.67 bits per heavy atom. The Morgan fingerprint density at radius 3 is 2.24 bits per heavy atom. The number of hydrazone groups is 1. The molecule has 0 radical (unpaired) electrons. The topological polar surface area (TPSA) is 35.9 Å². The molecule has 21 heavy (non-hydrogen) atoms. The molecule has 0 fully saturated rings. The average Bonchev–Trinajstić information content (AvgIpc) is 2.95. The molecule has 2 aromatic rings. The second kappa shape index (κ2) is 5.97. The van der Waals surface area contributed by atoms with Crippen molar-refractivity contribution in [2.75, 3.05) is 6.67 Å². The van der Waals surface area contributed by atoms with Gasteiger partial charge in [0, 0.05) is 17.3 Å². The Balaban J connectivity index is 1.97. The van der Waals surface area contributed by atoms with E-state index in [2.05, 4.69) is 5.10 Å². The van der Waals surface area contributed by atoms with E-state index in [4.69, 9.17) is 11.8 Å². The van der Waals surface area contributed by atoms with Crippen molar-refractivity contribution in [3.05, 3.63) is 71.8 Å². The molecule has 106 valence electrons. The highest BCUT2D eigenvalue weighted by Crippen LogP contribution is 2.27. The van der Waals surface area contributed by atoms with Crippen molar-refractivity contribution < 1.29 is 4.79 Å². The summed E-state index contributed by atoms with van der Waals surface area (Å²) in [6.07, 6.45) is 1.51. The van der Waals surface area contributed by atoms with Gasteiger partial charge in [0.15, 0.2) is 5.78 Å². The molecule has 1 atom stereocenters. The zero-order chi connectivity index (χ0) is 14.7. The van der Waals surface area contributed by atoms with E-state index in [0.29, 0.717) is 12.2 Å². The predicted molar refractivity (Wildman–Crippen MR) is 82.8 cm³/mol. The maximum absolute atomic E-state index is 12.9. The van der Waals surface area contributed by atoms with Crippen LogP contribution in [0, 0.1) is 0 Å². The molecule has 0 aliphatic carbocycles. The van der Waals surface area contributed by atoms with E-state index < -0.39 is 6.04 Å². The molecule has 0 spiro atoms. The molecule has 0 aromatic heterocycles. The highest BCUT2D eigenvalue weighted by molar-refractivity contribution is 6.19. The van der Waals surface area contributed by atoms with Crippen molar-refractivity contribution in [1.29, 1.82) is 0 Å². The maximum Gasteiger partial charge on any atom is 0.191 e. The second-order valence-corrected chi connectivity index (χ2v) is 5.19. The number of carbonyl (C=O) groups is 1. The lowest BCUT2D eigenvalue weighted by Gasteiger charge is -2.25. The molecule has 0 amide bonds. The first-order valence-electron chi connectivity index (χ1n) is 6.63. The van der Waals surface area contributed by atoms with Gasteiger partial charge in [-0.25, -0.2) is 0 Å². The van der Waals surface area contributed by atoms with Crippen LogP contribution in [0.25, 0.3) is 0 Å². The minimum atomic E-state index is -0.478. The summed E-state index contributed by atoms with van der Waals surface area (Å²) in [5.74, 6) is 0.00548. The summed E-state index contributed by atoms with van der Waals surface area (Å²) >= 11 is 5.92. The number of hydrogen-bond acceptors (Lipinski definition) is 4. The first-order chi connectivity index (χ1) is 10.3. The molecule has 3 rings (SSSR count). The number of nitrogens with zero attached hydrogens (tertiary/aromatic N) is 3. The molecular formula is C16H14ClN3O. The van der Waals surface area contributed by atoms with Crippen molar-refractivity contribution >= 4 is 23.9 Å². The fraction of sp³-hybridized carbons (Fsp3) is 0.125. The van der Waals surface area contributed by atoms with Gasteiger partial charge >= 0.3 is 0 Å². The van der Waals surface area contributed by atoms with Crippen molar-refractivity contribution in [1.82, 2.24) is 9.43 Å². The van der Waals surface area contributed by atoms with Gasteiger partial charge in [0.05, 0.1) is 0 Å². The van der Waals surface area contributed by atoms with Crippen LogP contribution in [0.3, 0.4) is 0 Å². The molecule has 1 heterocycles. The molecule has 0 bridgehead atoms. The second-order valence-electron chi connectivity index (χ2n) is 4.76. The smallest absolute Gasteiger partial charge is 0.191 e. The number of benzene rings is 2. The van der Waals surface area contributed by atoms with Crippen LogP contribution in [0.5, 0.6) is 0 Å². The van der Waals surface area contributed by atoms with Crippen LogP contribution in [-0.2, 0) is 0 Å². The third-order valence-corrected chi connectivity index (χ3v) is 3.52. The lowest BCUT2D eigenvalue weighted by atomic mass is 9.97. The van der Waals surface area contributed by atoms with E-state index in [9.17, 15) is 4.79 Å². The SMILES string of the molecule is O=C(c1ccccc1)C(c1ccccc1)N1CN(Cl)C=N1. The van der Waals surface area contributed by atoms with Gasteiger partial charge in [-0.05, 0) is 5.56 Å². The van der Waals surface area contributed by atoms with E-state index in [0.717, 1.165) is 5.56 Å². The van der Waals surface area contributed by atoms with E-state index in [1.807, 2.05) is 60.7 Å². The van der Waals surface area contributed by atoms with Gasteiger partial charge in [-0.1, -0.05) is 60.7 Å². The molecular weight excluding hydrogens is 286 g/mol. The minimum absolute atomic E-state index is 0.00548. The summed E-state index contributed by atoms with van der Waals surface area (Å²) in [4.78, 5) is 12.9. The van der Waals surface area contributed by atoms with Gasteiger partial charge in [0.2, 0.25) is 0 Å². The number of ketones is 1. The summed E-state index contributed by atoms with van der Waals surface area (Å²) in [6, 6.07) is 18.4. The van der Waals surface area contributed by atoms with Crippen LogP contribution in [0.1, 0.15) is 22.0 Å². The van der Waals surface area contributed by atoms with E-state index in [1.165, 1.54) is 10.8 Å². The Hall–Kier alpha value is -2.33. The van der Waals surface area contributed by atoms with Crippen LogP contribution >= 0.6 is 11.8 Å². The Kier molecular flexibility index (Phi) is 3.88. The monoisotopic (exact) mass is 299 g/mol. The molecule has 0 saturated carbocycles. The van der Waals surface area contributed by atoms with Gasteiger partial charge in [-0.2, -0.15) is 5.10 Å². The van der Waals surface area contributed by atoms with Crippen molar-refractivity contribution in [2.45, 2.75) is 6.04 Å². The van der Waals surface area contributed by atoms with Crippen LogP contribution in [-0.4, -0.2) is 28.2 Å². The predicted octanol–water partition coefficient (Wildman–Crippen LogP) is 3.28. The fourth-order valence-electron chi connectivity index (χ4n) is 2.34. The van der Waals surface area contributed by atoms with Crippen molar-refractivity contribution in [2.24, 2.45) is 5.10 Å². The van der Waals surface area contributed by atoms with E-state index in [-0.39, 0.29) is 5.78 Å². The van der Waals surface area contributed by atoms with Crippen molar-refractivity contribution in [3.8, 4) is 0 Å². The van der Waals surface area contributed by atoms with Gasteiger partial charge in [0.25, 0.3) is 0 Å². The van der Waals surface area contributed by atoms with Gasteiger partial charge in [-0.15, -0.1) is 0 Å². The minimum Gasteiger partial charge on any atom is -0.291 e. The first-order valence-corrected chi connectivity index (χ1v) is 6.97. The highest BCUT2D eigenvalue weighted by Gasteiger charge is 2.30. The largest absolute Gasteiger partial charge is 0.291 e. The third kappa shape index (κ3) is 2.90. The summed E-state index contributed by atoms with van der Waals surface area (Å²) in [7, 11) is 0. The van der Waals surface area contributed by atoms with Crippen LogP contribution in [0.15, 0.2) is 65.8 Å². The van der Waals surface area contributed by atoms with Gasteiger partial charge in [0.1, 0.15) is 19.0 Å². The van der Waals surface area contributed by atoms with Crippen LogP contribution in [0.2, 0.25) is 0 Å². The highest BCUT2D eigenvalue weighted by atomic mass is 35.5. The Bertz CT molecular complexity index is 645. The van der Waals surface area contributed by atoms with E-state index in [1.54, 1.807) is 5.01 Å². The fourth-order valence-corrected chi connectivity index (χ4v) is 2.49. The number of halogens is 1. The molecule has 2 aromatic carbocycles. The zero-order valence-corrected chi connectivity index (χ0v) is 12.0. The number of rotatable bonds is 4. The number of Topliss-reactive ketones (excluding diaryl/α,β-unsaturated/α-hetero) is 1. The molecule has 5 heteroatoms. The summed E-state index contributed by atoms with van der Waals surface area (Å²) in [6.45, 7) is 0.375. The van der Waals surface area contributed by atoms with Crippen molar-refractivity contribution in [3.63, 3.8) is 0 Å². The molecule has 1 unspecified atom stereocenters. The van der Waals surface area contributed by atoms with Crippen LogP contribution < -0.4 is 0 Å². The zero-order valence-electron chi connectivity index (χ0n) is 11.3. The van der Waals surface area contributed by atoms with Gasteiger partial charge in [-0.3, -0.25) is 14.2 Å². The molecule has 1 aliphatic rings. The lowest BCUT2D eigenvalue weighted by molar-refractivity contribution is 0.0817. The number of hydrogen-bond donors (Lipinski definition) is 0. The molecule has 0 saturated heterocycles. The quantitative estimate of drug-likeness (QED) is 0.642. The number of carbonyl (C=O) groups excluding carboxylic acids is 1. The normalized spacial score (nSPS) is 15.3. The maximum atomic E-state index is 12.9. The standard InChI is InChI=1S/C16H14ClN3O/c17-19-11-18-20(12-19)15(13-7-3-1-4-8-13)16(21)14-9-5-2-6-10-14/h1-11,15H,12H2.